The maximum Gasteiger partial charge on any atom is 0.258 e. The summed E-state index contributed by atoms with van der Waals surface area (Å²) in [6, 6.07) is 5.69. The van der Waals surface area contributed by atoms with Crippen LogP contribution in [0, 0.1) is 0 Å². The van der Waals surface area contributed by atoms with Crippen molar-refractivity contribution in [1.82, 2.24) is 14.4 Å². The molecule has 0 unspecified atom stereocenters. The van der Waals surface area contributed by atoms with E-state index in [0.29, 0.717) is 17.3 Å². The van der Waals surface area contributed by atoms with E-state index < -0.39 is 0 Å². The number of methoxy groups -OCH3 is 2. The topological polar surface area (TPSA) is 57.9 Å². The van der Waals surface area contributed by atoms with Crippen LogP contribution in [0.2, 0.25) is 0 Å². The third kappa shape index (κ3) is 2.79. The van der Waals surface area contributed by atoms with Gasteiger partial charge in [0.2, 0.25) is 5.65 Å². The lowest BCUT2D eigenvalue weighted by Gasteiger charge is -2.11. The van der Waals surface area contributed by atoms with E-state index in [9.17, 15) is 0 Å². The third-order valence-corrected chi connectivity index (χ3v) is 3.43. The molecule has 0 fully saturated rings. The molecule has 3 rings (SSSR count). The van der Waals surface area contributed by atoms with E-state index in [-0.39, 0.29) is 6.10 Å². The Hall–Kier alpha value is -2.76. The Labute approximate surface area is 134 Å². The van der Waals surface area contributed by atoms with Crippen molar-refractivity contribution >= 4 is 5.65 Å². The van der Waals surface area contributed by atoms with E-state index in [1.807, 2.05) is 42.6 Å². The normalized spacial score (nSPS) is 11.0. The number of hydrogen-bond donors (Lipinski definition) is 0. The Morgan fingerprint density at radius 1 is 1.09 bits per heavy atom. The predicted molar refractivity (Wildman–Crippen MR) is 87.3 cm³/mol. The summed E-state index contributed by atoms with van der Waals surface area (Å²) in [5, 5.41) is 0. The first-order chi connectivity index (χ1) is 11.1. The summed E-state index contributed by atoms with van der Waals surface area (Å²) in [6.07, 6.45) is 5.37. The van der Waals surface area contributed by atoms with Gasteiger partial charge >= 0.3 is 0 Å². The Bertz CT molecular complexity index is 827. The Morgan fingerprint density at radius 3 is 2.61 bits per heavy atom. The summed E-state index contributed by atoms with van der Waals surface area (Å²) in [4.78, 5) is 8.72. The van der Waals surface area contributed by atoms with Crippen molar-refractivity contribution < 1.29 is 14.2 Å². The van der Waals surface area contributed by atoms with Gasteiger partial charge in [0.1, 0.15) is 11.5 Å². The molecule has 0 aliphatic heterocycles. The first-order valence-corrected chi connectivity index (χ1v) is 7.35. The quantitative estimate of drug-likeness (QED) is 0.724. The molecule has 0 aliphatic rings. The van der Waals surface area contributed by atoms with Crippen LogP contribution in [0.4, 0.5) is 0 Å². The fourth-order valence-electron chi connectivity index (χ4n) is 2.41. The van der Waals surface area contributed by atoms with Gasteiger partial charge in [0.05, 0.1) is 32.2 Å². The van der Waals surface area contributed by atoms with Crippen molar-refractivity contribution in [3.8, 4) is 28.6 Å². The zero-order chi connectivity index (χ0) is 16.4. The van der Waals surface area contributed by atoms with E-state index in [0.717, 1.165) is 17.0 Å². The molecule has 0 atom stereocenters. The number of hydrogen-bond acceptors (Lipinski definition) is 5. The second kappa shape index (κ2) is 6.16. The molecule has 0 saturated carbocycles. The Morgan fingerprint density at radius 2 is 1.91 bits per heavy atom. The molecule has 2 heterocycles. The van der Waals surface area contributed by atoms with E-state index >= 15 is 0 Å². The minimum absolute atomic E-state index is 0.0318. The van der Waals surface area contributed by atoms with Gasteiger partial charge in [0.15, 0.2) is 0 Å². The lowest BCUT2D eigenvalue weighted by Crippen LogP contribution is -2.08. The first kappa shape index (κ1) is 15.1. The standard InChI is InChI=1S/C17H19N3O3/c1-11(2)23-17-16-19-10-14(20(16)8-7-18-17)13-6-5-12(21-3)9-15(13)22-4/h5-11H,1-4H3. The molecule has 6 nitrogen and oxygen atoms in total. The van der Waals surface area contributed by atoms with Gasteiger partial charge in [-0.2, -0.15) is 0 Å². The van der Waals surface area contributed by atoms with Gasteiger partial charge in [-0.3, -0.25) is 4.40 Å². The molecule has 2 aromatic heterocycles. The number of aromatic nitrogens is 3. The number of benzene rings is 1. The highest BCUT2D eigenvalue weighted by molar-refractivity contribution is 5.72. The molecule has 6 heteroatoms. The number of ether oxygens (including phenoxy) is 3. The molecule has 0 amide bonds. The summed E-state index contributed by atoms with van der Waals surface area (Å²) < 4.78 is 18.4. The van der Waals surface area contributed by atoms with Crippen LogP contribution in [0.25, 0.3) is 16.9 Å². The molecule has 1 aromatic carbocycles. The molecule has 0 N–H and O–H groups in total. The van der Waals surface area contributed by atoms with Gasteiger partial charge in [-0.05, 0) is 26.0 Å². The van der Waals surface area contributed by atoms with Crippen LogP contribution in [-0.2, 0) is 0 Å². The van der Waals surface area contributed by atoms with Gasteiger partial charge in [-0.1, -0.05) is 0 Å². The molecule has 0 aliphatic carbocycles. The van der Waals surface area contributed by atoms with Gasteiger partial charge in [0.25, 0.3) is 5.88 Å². The maximum atomic E-state index is 5.72. The van der Waals surface area contributed by atoms with Crippen LogP contribution < -0.4 is 14.2 Å². The molecule has 120 valence electrons. The van der Waals surface area contributed by atoms with Crippen molar-refractivity contribution in [3.63, 3.8) is 0 Å². The van der Waals surface area contributed by atoms with Crippen LogP contribution >= 0.6 is 0 Å². The number of nitrogens with zero attached hydrogens (tertiary/aromatic N) is 3. The summed E-state index contributed by atoms with van der Waals surface area (Å²) >= 11 is 0. The highest BCUT2D eigenvalue weighted by atomic mass is 16.5. The van der Waals surface area contributed by atoms with E-state index in [1.54, 1.807) is 26.6 Å². The van der Waals surface area contributed by atoms with Gasteiger partial charge in [0, 0.05) is 24.0 Å². The lowest BCUT2D eigenvalue weighted by molar-refractivity contribution is 0.234. The van der Waals surface area contributed by atoms with Crippen LogP contribution in [0.1, 0.15) is 13.8 Å². The van der Waals surface area contributed by atoms with Crippen molar-refractivity contribution in [2.45, 2.75) is 20.0 Å². The highest BCUT2D eigenvalue weighted by Gasteiger charge is 2.15. The van der Waals surface area contributed by atoms with E-state index in [4.69, 9.17) is 14.2 Å². The predicted octanol–water partition coefficient (Wildman–Crippen LogP) is 3.20. The van der Waals surface area contributed by atoms with Gasteiger partial charge in [-0.25, -0.2) is 9.97 Å². The lowest BCUT2D eigenvalue weighted by atomic mass is 10.1. The summed E-state index contributed by atoms with van der Waals surface area (Å²) in [5.74, 6) is 1.97. The smallest absolute Gasteiger partial charge is 0.258 e. The van der Waals surface area contributed by atoms with Gasteiger partial charge < -0.3 is 14.2 Å². The molecular formula is C17H19N3O3. The minimum Gasteiger partial charge on any atom is -0.497 e. The molecule has 0 saturated heterocycles. The molecule has 0 bridgehead atoms. The molecular weight excluding hydrogens is 294 g/mol. The second-order valence-electron chi connectivity index (χ2n) is 5.30. The van der Waals surface area contributed by atoms with Crippen molar-refractivity contribution in [3.05, 3.63) is 36.8 Å². The third-order valence-electron chi connectivity index (χ3n) is 3.43. The van der Waals surface area contributed by atoms with Crippen molar-refractivity contribution in [2.24, 2.45) is 0 Å². The summed E-state index contributed by atoms with van der Waals surface area (Å²) in [7, 11) is 3.26. The van der Waals surface area contributed by atoms with E-state index in [2.05, 4.69) is 9.97 Å². The molecule has 3 aromatic rings. The Kier molecular flexibility index (Phi) is 4.06. The maximum absolute atomic E-state index is 5.72. The van der Waals surface area contributed by atoms with Crippen LogP contribution in [0.5, 0.6) is 17.4 Å². The average Bonchev–Trinajstić information content (AvgIpc) is 2.98. The first-order valence-electron chi connectivity index (χ1n) is 7.35. The molecule has 0 radical (unpaired) electrons. The van der Waals surface area contributed by atoms with Crippen LogP contribution in [0.15, 0.2) is 36.8 Å². The fourth-order valence-corrected chi connectivity index (χ4v) is 2.41. The van der Waals surface area contributed by atoms with Gasteiger partial charge in [-0.15, -0.1) is 0 Å². The molecule has 0 spiro atoms. The summed E-state index contributed by atoms with van der Waals surface area (Å²) in [6.45, 7) is 3.92. The van der Waals surface area contributed by atoms with Crippen LogP contribution in [-0.4, -0.2) is 34.7 Å². The summed E-state index contributed by atoms with van der Waals surface area (Å²) in [5.41, 5.74) is 2.49. The van der Waals surface area contributed by atoms with Crippen LogP contribution in [0.3, 0.4) is 0 Å². The monoisotopic (exact) mass is 313 g/mol. The van der Waals surface area contributed by atoms with Crippen molar-refractivity contribution in [1.29, 1.82) is 0 Å². The number of imidazole rings is 1. The number of fused-ring (bicyclic) bond motifs is 1. The zero-order valence-electron chi connectivity index (χ0n) is 13.6. The second-order valence-corrected chi connectivity index (χ2v) is 5.30. The SMILES string of the molecule is COc1ccc(-c2cnc3c(OC(C)C)nccn23)c(OC)c1. The Balaban J connectivity index is 2.14. The zero-order valence-corrected chi connectivity index (χ0v) is 13.6. The largest absolute Gasteiger partial charge is 0.497 e. The van der Waals surface area contributed by atoms with Crippen molar-refractivity contribution in [2.75, 3.05) is 14.2 Å². The van der Waals surface area contributed by atoms with E-state index in [1.165, 1.54) is 0 Å². The molecule has 23 heavy (non-hydrogen) atoms. The number of rotatable bonds is 5. The minimum atomic E-state index is 0.0318. The fraction of sp³-hybridized carbons (Fsp3) is 0.294. The average molecular weight is 313 g/mol. The highest BCUT2D eigenvalue weighted by Crippen LogP contribution is 2.34.